The highest BCUT2D eigenvalue weighted by molar-refractivity contribution is 5.92. The second-order valence-electron chi connectivity index (χ2n) is 4.81. The average molecular weight is 278 g/mol. The van der Waals surface area contributed by atoms with Crippen LogP contribution in [0.1, 0.15) is 13.3 Å². The number of morpholine rings is 1. The summed E-state index contributed by atoms with van der Waals surface area (Å²) in [7, 11) is 0. The van der Waals surface area contributed by atoms with Crippen molar-refractivity contribution in [1.82, 2.24) is 4.90 Å². The van der Waals surface area contributed by atoms with Gasteiger partial charge in [0.2, 0.25) is 5.91 Å². The van der Waals surface area contributed by atoms with Gasteiger partial charge in [0.05, 0.1) is 26.4 Å². The topological polar surface area (TPSA) is 50.8 Å². The van der Waals surface area contributed by atoms with Crippen LogP contribution in [0.5, 0.6) is 5.75 Å². The molecular formula is C15H22N2O3. The normalized spacial score (nSPS) is 15.8. The van der Waals surface area contributed by atoms with E-state index in [-0.39, 0.29) is 5.91 Å². The van der Waals surface area contributed by atoms with Gasteiger partial charge in [-0.2, -0.15) is 0 Å². The first-order valence-corrected chi connectivity index (χ1v) is 7.10. The summed E-state index contributed by atoms with van der Waals surface area (Å²) >= 11 is 0. The number of carbonyl (C=O) groups is 1. The van der Waals surface area contributed by atoms with E-state index in [4.69, 9.17) is 9.47 Å². The van der Waals surface area contributed by atoms with Gasteiger partial charge in [0.1, 0.15) is 5.75 Å². The fourth-order valence-electron chi connectivity index (χ4n) is 2.02. The zero-order valence-electron chi connectivity index (χ0n) is 11.9. The summed E-state index contributed by atoms with van der Waals surface area (Å²) in [6.45, 7) is 6.24. The quantitative estimate of drug-likeness (QED) is 0.861. The van der Waals surface area contributed by atoms with Gasteiger partial charge in [-0.1, -0.05) is 6.92 Å². The van der Waals surface area contributed by atoms with Gasteiger partial charge in [-0.25, -0.2) is 0 Å². The lowest BCUT2D eigenvalue weighted by molar-refractivity contribution is -0.118. The first-order chi connectivity index (χ1) is 9.78. The van der Waals surface area contributed by atoms with Crippen molar-refractivity contribution in [3.63, 3.8) is 0 Å². The Bertz CT molecular complexity index is 414. The fourth-order valence-corrected chi connectivity index (χ4v) is 2.02. The summed E-state index contributed by atoms with van der Waals surface area (Å²) in [5.74, 6) is 0.840. The van der Waals surface area contributed by atoms with Crippen LogP contribution in [0.15, 0.2) is 24.3 Å². The van der Waals surface area contributed by atoms with E-state index in [0.717, 1.165) is 30.9 Å². The zero-order valence-corrected chi connectivity index (χ0v) is 11.9. The van der Waals surface area contributed by atoms with E-state index in [1.165, 1.54) is 0 Å². The SMILES string of the molecule is CCCOc1ccc(NC(=O)CN2CCOCC2)cc1. The van der Waals surface area contributed by atoms with E-state index in [1.807, 2.05) is 24.3 Å². The van der Waals surface area contributed by atoms with E-state index in [1.54, 1.807) is 0 Å². The minimum Gasteiger partial charge on any atom is -0.494 e. The van der Waals surface area contributed by atoms with Crippen LogP contribution in [-0.4, -0.2) is 50.3 Å². The summed E-state index contributed by atoms with van der Waals surface area (Å²) in [6, 6.07) is 7.48. The summed E-state index contributed by atoms with van der Waals surface area (Å²) in [5, 5.41) is 2.90. The number of anilines is 1. The lowest BCUT2D eigenvalue weighted by atomic mass is 10.3. The third-order valence-corrected chi connectivity index (χ3v) is 3.08. The minimum absolute atomic E-state index is 0.00845. The molecule has 1 heterocycles. The molecule has 0 unspecified atom stereocenters. The third kappa shape index (κ3) is 4.83. The van der Waals surface area contributed by atoms with E-state index in [0.29, 0.717) is 26.4 Å². The van der Waals surface area contributed by atoms with Crippen molar-refractivity contribution in [2.24, 2.45) is 0 Å². The lowest BCUT2D eigenvalue weighted by Crippen LogP contribution is -2.41. The number of ether oxygens (including phenoxy) is 2. The number of hydrogen-bond donors (Lipinski definition) is 1. The molecule has 0 saturated carbocycles. The molecule has 0 spiro atoms. The van der Waals surface area contributed by atoms with E-state index < -0.39 is 0 Å². The number of nitrogens with zero attached hydrogens (tertiary/aromatic N) is 1. The molecule has 2 rings (SSSR count). The maximum atomic E-state index is 11.9. The Morgan fingerprint density at radius 1 is 1.30 bits per heavy atom. The van der Waals surface area contributed by atoms with Crippen LogP contribution in [0.2, 0.25) is 0 Å². The highest BCUT2D eigenvalue weighted by atomic mass is 16.5. The van der Waals surface area contributed by atoms with E-state index in [9.17, 15) is 4.79 Å². The van der Waals surface area contributed by atoms with Crippen molar-refractivity contribution in [3.8, 4) is 5.75 Å². The maximum Gasteiger partial charge on any atom is 0.238 e. The Hall–Kier alpha value is -1.59. The van der Waals surface area contributed by atoms with E-state index >= 15 is 0 Å². The second-order valence-corrected chi connectivity index (χ2v) is 4.81. The molecule has 5 nitrogen and oxygen atoms in total. The first kappa shape index (κ1) is 14.8. The van der Waals surface area contributed by atoms with Crippen molar-refractivity contribution < 1.29 is 14.3 Å². The molecule has 1 aromatic carbocycles. The van der Waals surface area contributed by atoms with Crippen LogP contribution in [0.4, 0.5) is 5.69 Å². The van der Waals surface area contributed by atoms with Crippen molar-refractivity contribution >= 4 is 11.6 Å². The zero-order chi connectivity index (χ0) is 14.2. The predicted octanol–water partition coefficient (Wildman–Crippen LogP) is 1.75. The molecular weight excluding hydrogens is 256 g/mol. The number of carbonyl (C=O) groups excluding carboxylic acids is 1. The minimum atomic E-state index is 0.00845. The van der Waals surface area contributed by atoms with Gasteiger partial charge in [-0.05, 0) is 30.7 Å². The van der Waals surface area contributed by atoms with Crippen LogP contribution < -0.4 is 10.1 Å². The van der Waals surface area contributed by atoms with Gasteiger partial charge in [0.25, 0.3) is 0 Å². The van der Waals surface area contributed by atoms with E-state index in [2.05, 4.69) is 17.1 Å². The molecule has 1 saturated heterocycles. The monoisotopic (exact) mass is 278 g/mol. The van der Waals surface area contributed by atoms with Gasteiger partial charge in [-0.15, -0.1) is 0 Å². The highest BCUT2D eigenvalue weighted by Gasteiger charge is 2.14. The number of benzene rings is 1. The molecule has 1 aromatic rings. The number of nitrogens with one attached hydrogen (secondary N) is 1. The third-order valence-electron chi connectivity index (χ3n) is 3.08. The Morgan fingerprint density at radius 2 is 2.00 bits per heavy atom. The van der Waals surface area contributed by atoms with Gasteiger partial charge in [0.15, 0.2) is 0 Å². The molecule has 110 valence electrons. The first-order valence-electron chi connectivity index (χ1n) is 7.10. The Morgan fingerprint density at radius 3 is 2.65 bits per heavy atom. The Balaban J connectivity index is 1.78. The summed E-state index contributed by atoms with van der Waals surface area (Å²) in [5.41, 5.74) is 0.798. The Labute approximate surface area is 119 Å². The molecule has 1 N–H and O–H groups in total. The van der Waals surface area contributed by atoms with Gasteiger partial charge >= 0.3 is 0 Å². The fraction of sp³-hybridized carbons (Fsp3) is 0.533. The summed E-state index contributed by atoms with van der Waals surface area (Å²) in [4.78, 5) is 14.0. The van der Waals surface area contributed by atoms with Gasteiger partial charge in [-0.3, -0.25) is 9.69 Å². The molecule has 0 bridgehead atoms. The standard InChI is InChI=1S/C15H22N2O3/c1-2-9-20-14-5-3-13(4-6-14)16-15(18)12-17-7-10-19-11-8-17/h3-6H,2,7-12H2,1H3,(H,16,18). The summed E-state index contributed by atoms with van der Waals surface area (Å²) in [6.07, 6.45) is 0.984. The van der Waals surface area contributed by atoms with Gasteiger partial charge < -0.3 is 14.8 Å². The molecule has 1 aliphatic rings. The van der Waals surface area contributed by atoms with Crippen LogP contribution in [-0.2, 0) is 9.53 Å². The van der Waals surface area contributed by atoms with Crippen LogP contribution >= 0.6 is 0 Å². The second kappa shape index (κ2) is 7.87. The molecule has 0 aromatic heterocycles. The molecule has 0 radical (unpaired) electrons. The molecule has 5 heteroatoms. The molecule has 0 aliphatic carbocycles. The van der Waals surface area contributed by atoms with Crippen LogP contribution in [0.25, 0.3) is 0 Å². The van der Waals surface area contributed by atoms with Gasteiger partial charge in [0, 0.05) is 18.8 Å². The number of rotatable bonds is 6. The maximum absolute atomic E-state index is 11.9. The molecule has 0 atom stereocenters. The molecule has 1 aliphatic heterocycles. The van der Waals surface area contributed by atoms with Crippen LogP contribution in [0.3, 0.4) is 0 Å². The van der Waals surface area contributed by atoms with Crippen molar-refractivity contribution in [2.75, 3.05) is 44.8 Å². The van der Waals surface area contributed by atoms with Crippen molar-refractivity contribution in [1.29, 1.82) is 0 Å². The lowest BCUT2D eigenvalue weighted by Gasteiger charge is -2.25. The largest absolute Gasteiger partial charge is 0.494 e. The van der Waals surface area contributed by atoms with Crippen LogP contribution in [0, 0.1) is 0 Å². The average Bonchev–Trinajstić information content (AvgIpc) is 2.47. The summed E-state index contributed by atoms with van der Waals surface area (Å²) < 4.78 is 10.8. The highest BCUT2D eigenvalue weighted by Crippen LogP contribution is 2.15. The number of hydrogen-bond acceptors (Lipinski definition) is 4. The number of amides is 1. The Kier molecular flexibility index (Phi) is 5.83. The smallest absolute Gasteiger partial charge is 0.238 e. The van der Waals surface area contributed by atoms with Crippen molar-refractivity contribution in [2.45, 2.75) is 13.3 Å². The van der Waals surface area contributed by atoms with Crippen molar-refractivity contribution in [3.05, 3.63) is 24.3 Å². The predicted molar refractivity (Wildman–Crippen MR) is 78.1 cm³/mol. The molecule has 20 heavy (non-hydrogen) atoms. The molecule has 1 amide bonds. The molecule has 1 fully saturated rings.